The Bertz CT molecular complexity index is 1130. The highest BCUT2D eigenvalue weighted by atomic mass is 32.2. The van der Waals surface area contributed by atoms with Crippen molar-refractivity contribution in [1.82, 2.24) is 4.98 Å². The number of carbonyl (C=O) groups excluding carboxylic acids is 1. The highest BCUT2D eigenvalue weighted by Crippen LogP contribution is 2.49. The van der Waals surface area contributed by atoms with Crippen molar-refractivity contribution < 1.29 is 9.53 Å². The van der Waals surface area contributed by atoms with Crippen molar-refractivity contribution >= 4 is 40.3 Å². The van der Waals surface area contributed by atoms with Gasteiger partial charge in [0.05, 0.1) is 16.2 Å². The van der Waals surface area contributed by atoms with Crippen LogP contribution in [0.3, 0.4) is 0 Å². The van der Waals surface area contributed by atoms with Gasteiger partial charge in [0.1, 0.15) is 0 Å². The van der Waals surface area contributed by atoms with Crippen LogP contribution in [-0.4, -0.2) is 17.6 Å². The fraction of sp³-hybridized carbons (Fsp3) is 0.111. The Morgan fingerprint density at radius 1 is 0.939 bits per heavy atom. The third-order valence-corrected chi connectivity index (χ3v) is 7.33. The zero-order chi connectivity index (χ0) is 23.1. The number of nitrogens with zero attached hydrogens (tertiary/aromatic N) is 1. The summed E-state index contributed by atoms with van der Waals surface area (Å²) in [6.45, 7) is 2.06. The van der Waals surface area contributed by atoms with Gasteiger partial charge in [-0.1, -0.05) is 102 Å². The summed E-state index contributed by atoms with van der Waals surface area (Å²) in [5, 5.41) is 2.35. The molecule has 4 aromatic rings. The third kappa shape index (κ3) is 4.87. The molecule has 0 saturated carbocycles. The van der Waals surface area contributed by atoms with E-state index < -0.39 is 10.7 Å². The molecule has 0 atom stereocenters. The number of nitrogens with two attached hydrogens (primary N) is 1. The first-order chi connectivity index (χ1) is 16.1. The highest BCUT2D eigenvalue weighted by Gasteiger charge is 2.36. The van der Waals surface area contributed by atoms with E-state index >= 15 is 0 Å². The minimum Gasteiger partial charge on any atom is -0.461 e. The number of benzene rings is 3. The van der Waals surface area contributed by atoms with Gasteiger partial charge in [0.15, 0.2) is 10.8 Å². The number of esters is 1. The zero-order valence-electron chi connectivity index (χ0n) is 18.2. The Hall–Kier alpha value is -3.35. The third-order valence-electron chi connectivity index (χ3n) is 5.14. The van der Waals surface area contributed by atoms with Crippen LogP contribution in [0.25, 0.3) is 6.08 Å². The van der Waals surface area contributed by atoms with E-state index in [4.69, 9.17) is 10.5 Å². The standard InChI is InChI=1S/C27H24N2O2S2/c1-2-31-25(30)24-23(33-26(28)29-24)18-19-32-27(20-12-6-3-7-13-20,21-14-8-4-9-15-21)22-16-10-5-11-17-22/h3-19H,2H2,1H3,(H2,28,29)/b19-18-. The van der Waals surface area contributed by atoms with Crippen LogP contribution < -0.4 is 5.73 Å². The molecule has 0 aliphatic carbocycles. The summed E-state index contributed by atoms with van der Waals surface area (Å²) in [7, 11) is 0. The molecule has 1 heterocycles. The zero-order valence-corrected chi connectivity index (χ0v) is 19.8. The molecule has 0 aliphatic heterocycles. The van der Waals surface area contributed by atoms with E-state index in [1.165, 1.54) is 11.3 Å². The van der Waals surface area contributed by atoms with Gasteiger partial charge in [0.2, 0.25) is 0 Å². The van der Waals surface area contributed by atoms with Crippen LogP contribution in [-0.2, 0) is 9.48 Å². The predicted octanol–water partition coefficient (Wildman–Crippen LogP) is 6.60. The lowest BCUT2D eigenvalue weighted by Gasteiger charge is -2.34. The molecule has 3 aromatic carbocycles. The minimum absolute atomic E-state index is 0.251. The van der Waals surface area contributed by atoms with Crippen LogP contribution in [0, 0.1) is 0 Å². The summed E-state index contributed by atoms with van der Waals surface area (Å²) >= 11 is 2.94. The van der Waals surface area contributed by atoms with Crippen molar-refractivity contribution in [3.05, 3.63) is 124 Å². The van der Waals surface area contributed by atoms with Gasteiger partial charge in [-0.25, -0.2) is 9.78 Å². The van der Waals surface area contributed by atoms with Crippen LogP contribution >= 0.6 is 23.1 Å². The molecular weight excluding hydrogens is 448 g/mol. The molecule has 33 heavy (non-hydrogen) atoms. The van der Waals surface area contributed by atoms with Gasteiger partial charge >= 0.3 is 5.97 Å². The summed E-state index contributed by atoms with van der Waals surface area (Å²) in [5.41, 5.74) is 9.63. The molecule has 166 valence electrons. The molecule has 0 unspecified atom stereocenters. The van der Waals surface area contributed by atoms with E-state index in [2.05, 4.69) is 77.8 Å². The Labute approximate surface area is 202 Å². The average molecular weight is 473 g/mol. The molecule has 0 spiro atoms. The first-order valence-electron chi connectivity index (χ1n) is 10.6. The van der Waals surface area contributed by atoms with Crippen LogP contribution in [0.5, 0.6) is 0 Å². The summed E-state index contributed by atoms with van der Waals surface area (Å²) in [6.07, 6.45) is 1.90. The highest BCUT2D eigenvalue weighted by molar-refractivity contribution is 8.03. The number of carbonyl (C=O) groups is 1. The molecule has 4 rings (SSSR count). The number of aromatic nitrogens is 1. The minimum atomic E-state index is -0.486. The number of hydrogen-bond acceptors (Lipinski definition) is 6. The Balaban J connectivity index is 1.81. The Morgan fingerprint density at radius 2 is 1.42 bits per heavy atom. The summed E-state index contributed by atoms with van der Waals surface area (Å²) in [5.74, 6) is -0.462. The van der Waals surface area contributed by atoms with Gasteiger partial charge in [0.25, 0.3) is 0 Å². The molecule has 0 radical (unpaired) electrons. The first kappa shape index (κ1) is 22.8. The fourth-order valence-electron chi connectivity index (χ4n) is 3.73. The first-order valence-corrected chi connectivity index (χ1v) is 12.3. The van der Waals surface area contributed by atoms with Crippen LogP contribution in [0.1, 0.15) is 39.0 Å². The molecule has 4 nitrogen and oxygen atoms in total. The van der Waals surface area contributed by atoms with Crippen LogP contribution in [0.15, 0.2) is 96.4 Å². The van der Waals surface area contributed by atoms with Gasteiger partial charge in [-0.05, 0) is 35.1 Å². The summed E-state index contributed by atoms with van der Waals surface area (Å²) in [6, 6.07) is 31.3. The number of thiazole rings is 1. The topological polar surface area (TPSA) is 65.2 Å². The van der Waals surface area contributed by atoms with E-state index in [1.807, 2.05) is 29.7 Å². The second-order valence-corrected chi connectivity index (χ2v) is 9.37. The maximum Gasteiger partial charge on any atom is 0.358 e. The second kappa shape index (κ2) is 10.5. The second-order valence-electron chi connectivity index (χ2n) is 7.19. The molecule has 0 saturated heterocycles. The number of hydrogen-bond donors (Lipinski definition) is 1. The maximum absolute atomic E-state index is 12.3. The SMILES string of the molecule is CCOC(=O)c1nc(N)sc1/C=C\SC(c1ccccc1)(c1ccccc1)c1ccccc1. The van der Waals surface area contributed by atoms with Crippen LogP contribution in [0.2, 0.25) is 0 Å². The summed E-state index contributed by atoms with van der Waals surface area (Å²) in [4.78, 5) is 17.2. The molecule has 2 N–H and O–H groups in total. The van der Waals surface area contributed by atoms with Gasteiger partial charge in [-0.2, -0.15) is 0 Å². The Kier molecular flexibility index (Phi) is 7.27. The van der Waals surface area contributed by atoms with Crippen molar-refractivity contribution in [3.8, 4) is 0 Å². The average Bonchev–Trinajstić information content (AvgIpc) is 3.24. The molecule has 0 aliphatic rings. The van der Waals surface area contributed by atoms with E-state index in [0.717, 1.165) is 16.7 Å². The number of rotatable bonds is 8. The Morgan fingerprint density at radius 3 is 1.88 bits per heavy atom. The maximum atomic E-state index is 12.3. The molecule has 6 heteroatoms. The predicted molar refractivity (Wildman–Crippen MR) is 138 cm³/mol. The summed E-state index contributed by atoms with van der Waals surface area (Å²) < 4.78 is 4.66. The fourth-order valence-corrected chi connectivity index (χ4v) is 5.76. The number of ether oxygens (including phenoxy) is 1. The number of thioether (sulfide) groups is 1. The lowest BCUT2D eigenvalue weighted by atomic mass is 9.84. The quantitative estimate of drug-likeness (QED) is 0.231. The molecule has 0 bridgehead atoms. The van der Waals surface area contributed by atoms with Crippen molar-refractivity contribution in [1.29, 1.82) is 0 Å². The van der Waals surface area contributed by atoms with Gasteiger partial charge in [-0.15, -0.1) is 11.8 Å². The normalized spacial score (nSPS) is 11.5. The largest absolute Gasteiger partial charge is 0.461 e. The number of anilines is 1. The van der Waals surface area contributed by atoms with E-state index in [1.54, 1.807) is 18.7 Å². The van der Waals surface area contributed by atoms with Crippen LogP contribution in [0.4, 0.5) is 5.13 Å². The van der Waals surface area contributed by atoms with E-state index in [9.17, 15) is 4.79 Å². The molecule has 0 fully saturated rings. The van der Waals surface area contributed by atoms with Crippen molar-refractivity contribution in [2.75, 3.05) is 12.3 Å². The lowest BCUT2D eigenvalue weighted by molar-refractivity contribution is 0.0520. The van der Waals surface area contributed by atoms with Gasteiger partial charge in [0, 0.05) is 0 Å². The molecular formula is C27H24N2O2S2. The molecule has 1 aromatic heterocycles. The van der Waals surface area contributed by atoms with Crippen molar-refractivity contribution in [2.45, 2.75) is 11.7 Å². The number of nitrogen functional groups attached to an aromatic ring is 1. The van der Waals surface area contributed by atoms with E-state index in [-0.39, 0.29) is 12.3 Å². The lowest BCUT2D eigenvalue weighted by Crippen LogP contribution is -2.24. The van der Waals surface area contributed by atoms with Crippen molar-refractivity contribution in [2.24, 2.45) is 0 Å². The monoisotopic (exact) mass is 472 g/mol. The van der Waals surface area contributed by atoms with E-state index in [0.29, 0.717) is 10.0 Å². The van der Waals surface area contributed by atoms with Gasteiger partial charge in [-0.3, -0.25) is 0 Å². The molecule has 0 amide bonds. The van der Waals surface area contributed by atoms with Gasteiger partial charge < -0.3 is 10.5 Å². The van der Waals surface area contributed by atoms with Crippen molar-refractivity contribution in [3.63, 3.8) is 0 Å². The smallest absolute Gasteiger partial charge is 0.358 e.